The first-order chi connectivity index (χ1) is 18.1. The molecule has 3 aromatic rings. The summed E-state index contributed by atoms with van der Waals surface area (Å²) in [6.45, 7) is 2.10. The molecule has 2 aromatic carbocycles. The molecule has 1 atom stereocenters. The maximum Gasteiger partial charge on any atom is 0.410 e. The van der Waals surface area contributed by atoms with E-state index in [4.69, 9.17) is 9.73 Å². The van der Waals surface area contributed by atoms with Crippen molar-refractivity contribution in [1.29, 1.82) is 0 Å². The number of likely N-dealkylation sites (tertiary alicyclic amines) is 1. The maximum atomic E-state index is 13.3. The number of carbonyl (C=O) groups is 3. The molecule has 9 nitrogen and oxygen atoms in total. The summed E-state index contributed by atoms with van der Waals surface area (Å²) >= 11 is 0. The number of pyridine rings is 1. The van der Waals surface area contributed by atoms with Crippen LogP contribution >= 0.6 is 0 Å². The molecule has 3 amide bonds. The van der Waals surface area contributed by atoms with Crippen molar-refractivity contribution in [3.8, 4) is 11.1 Å². The Labute approximate surface area is 215 Å². The van der Waals surface area contributed by atoms with E-state index in [0.29, 0.717) is 25.5 Å². The lowest BCUT2D eigenvalue weighted by atomic mass is 10.0. The predicted octanol–water partition coefficient (Wildman–Crippen LogP) is 3.38. The molecule has 0 N–H and O–H groups in total. The van der Waals surface area contributed by atoms with Gasteiger partial charge < -0.3 is 9.64 Å². The summed E-state index contributed by atoms with van der Waals surface area (Å²) in [7, 11) is 1.32. The quantitative estimate of drug-likeness (QED) is 0.502. The molecule has 2 aliphatic heterocycles. The highest BCUT2D eigenvalue weighted by Crippen LogP contribution is 2.25. The Morgan fingerprint density at radius 3 is 2.62 bits per heavy atom. The molecule has 0 aliphatic carbocycles. The normalized spacial score (nSPS) is 19.8. The average molecular weight is 500 g/mol. The van der Waals surface area contributed by atoms with E-state index in [0.717, 1.165) is 40.4 Å². The number of benzene rings is 2. The summed E-state index contributed by atoms with van der Waals surface area (Å²) in [5.41, 5.74) is 3.78. The van der Waals surface area contributed by atoms with Crippen molar-refractivity contribution >= 4 is 35.1 Å². The molecule has 2 aliphatic rings. The minimum atomic E-state index is -0.512. The zero-order valence-corrected chi connectivity index (χ0v) is 20.7. The monoisotopic (exact) mass is 499 g/mol. The third kappa shape index (κ3) is 5.30. The van der Waals surface area contributed by atoms with E-state index in [1.165, 1.54) is 12.0 Å². The first kappa shape index (κ1) is 24.4. The number of carbonyl (C=O) groups excluding carboxylic acids is 3. The Hall–Kier alpha value is -4.27. The van der Waals surface area contributed by atoms with Crippen LogP contribution in [0.15, 0.2) is 65.8 Å². The van der Waals surface area contributed by atoms with Crippen LogP contribution in [0.1, 0.15) is 18.4 Å². The first-order valence-corrected chi connectivity index (χ1v) is 12.4. The topological polar surface area (TPSA) is 95.4 Å². The molecule has 0 bridgehead atoms. The number of fused-ring (bicyclic) bond motifs is 1. The Bertz CT molecular complexity index is 1340. The summed E-state index contributed by atoms with van der Waals surface area (Å²) in [5.74, 6) is 0.580. The Balaban J connectivity index is 1.45. The van der Waals surface area contributed by atoms with Crippen molar-refractivity contribution in [2.75, 3.05) is 40.0 Å². The number of amidine groups is 1. The standard InChI is InChI=1S/C28H29N5O4/c1-37-28(36)32-14-11-26(35)33(17-20-10-13-31(16-20)19-34)27(30-18-32)23-7-4-21(5-8-23)24-9-6-22-3-2-12-29-25(22)15-24/h2-9,12,15,19-20H,10-11,13-14,16-18H2,1H3/b30-27-/t20-/m1/s1. The van der Waals surface area contributed by atoms with Gasteiger partial charge in [-0.1, -0.05) is 42.5 Å². The fourth-order valence-corrected chi connectivity index (χ4v) is 4.93. The number of nitrogens with zero attached hydrogens (tertiary/aromatic N) is 5. The largest absolute Gasteiger partial charge is 0.453 e. The predicted molar refractivity (Wildman–Crippen MR) is 140 cm³/mol. The Kier molecular flexibility index (Phi) is 7.11. The summed E-state index contributed by atoms with van der Waals surface area (Å²) in [5, 5.41) is 1.08. The van der Waals surface area contributed by atoms with Crippen molar-refractivity contribution in [2.24, 2.45) is 10.9 Å². The average Bonchev–Trinajstić information content (AvgIpc) is 3.40. The van der Waals surface area contributed by atoms with Crippen molar-refractivity contribution in [3.05, 3.63) is 66.4 Å². The number of aliphatic imine (C=N–C) groups is 1. The molecule has 1 saturated heterocycles. The molecule has 1 aromatic heterocycles. The van der Waals surface area contributed by atoms with Crippen LogP contribution in [-0.4, -0.2) is 83.9 Å². The zero-order valence-electron chi connectivity index (χ0n) is 20.7. The van der Waals surface area contributed by atoms with Gasteiger partial charge in [0, 0.05) is 49.7 Å². The number of hydrogen-bond donors (Lipinski definition) is 0. The molecule has 0 radical (unpaired) electrons. The highest BCUT2D eigenvalue weighted by molar-refractivity contribution is 6.08. The smallest absolute Gasteiger partial charge is 0.410 e. The van der Waals surface area contributed by atoms with E-state index in [1.807, 2.05) is 36.4 Å². The van der Waals surface area contributed by atoms with E-state index < -0.39 is 6.09 Å². The molecule has 9 heteroatoms. The minimum absolute atomic E-state index is 0.0923. The molecular formula is C28H29N5O4. The van der Waals surface area contributed by atoms with Gasteiger partial charge in [0.1, 0.15) is 12.5 Å². The SMILES string of the molecule is COC(=O)N1CCC(=O)N(C[C@@H]2CCN(C=O)C2)/C(c2ccc(-c3ccc4cccnc4c3)cc2)=N\C1. The van der Waals surface area contributed by atoms with Gasteiger partial charge in [0.15, 0.2) is 0 Å². The van der Waals surface area contributed by atoms with Crippen LogP contribution in [0.5, 0.6) is 0 Å². The maximum absolute atomic E-state index is 13.3. The highest BCUT2D eigenvalue weighted by atomic mass is 16.5. The van der Waals surface area contributed by atoms with Gasteiger partial charge in [0.05, 0.1) is 12.6 Å². The Morgan fingerprint density at radius 2 is 1.86 bits per heavy atom. The number of rotatable bonds is 5. The fraction of sp³-hybridized carbons (Fsp3) is 0.321. The van der Waals surface area contributed by atoms with E-state index in [2.05, 4.69) is 23.2 Å². The number of aromatic nitrogens is 1. The molecule has 0 spiro atoms. The number of methoxy groups -OCH3 is 1. The Morgan fingerprint density at radius 1 is 1.08 bits per heavy atom. The lowest BCUT2D eigenvalue weighted by Crippen LogP contribution is -2.46. The van der Waals surface area contributed by atoms with Crippen LogP contribution in [0.2, 0.25) is 0 Å². The highest BCUT2D eigenvalue weighted by Gasteiger charge is 2.31. The van der Waals surface area contributed by atoms with Crippen LogP contribution < -0.4 is 0 Å². The molecular weight excluding hydrogens is 470 g/mol. The van der Waals surface area contributed by atoms with E-state index in [9.17, 15) is 14.4 Å². The van der Waals surface area contributed by atoms with Crippen molar-refractivity contribution in [2.45, 2.75) is 12.8 Å². The molecule has 0 saturated carbocycles. The molecule has 5 rings (SSSR count). The molecule has 37 heavy (non-hydrogen) atoms. The van der Waals surface area contributed by atoms with Gasteiger partial charge in [-0.2, -0.15) is 0 Å². The van der Waals surface area contributed by atoms with Crippen LogP contribution in [0.4, 0.5) is 4.79 Å². The summed E-state index contributed by atoms with van der Waals surface area (Å²) in [4.78, 5) is 50.8. The summed E-state index contributed by atoms with van der Waals surface area (Å²) in [6.07, 6.45) is 3.13. The van der Waals surface area contributed by atoms with E-state index >= 15 is 0 Å². The number of hydrogen-bond acceptors (Lipinski definition) is 6. The van der Waals surface area contributed by atoms with Crippen molar-refractivity contribution < 1.29 is 19.1 Å². The second-order valence-corrected chi connectivity index (χ2v) is 9.35. The molecule has 3 heterocycles. The fourth-order valence-electron chi connectivity index (χ4n) is 4.93. The lowest BCUT2D eigenvalue weighted by molar-refractivity contribution is -0.128. The second kappa shape index (κ2) is 10.8. The zero-order chi connectivity index (χ0) is 25.8. The summed E-state index contributed by atoms with van der Waals surface area (Å²) in [6, 6.07) is 18.0. The van der Waals surface area contributed by atoms with Crippen LogP contribution in [0.25, 0.3) is 22.0 Å². The van der Waals surface area contributed by atoms with Gasteiger partial charge in [-0.05, 0) is 35.6 Å². The van der Waals surface area contributed by atoms with Crippen molar-refractivity contribution in [3.63, 3.8) is 0 Å². The number of ether oxygens (including phenoxy) is 1. The van der Waals surface area contributed by atoms with Crippen LogP contribution in [-0.2, 0) is 14.3 Å². The van der Waals surface area contributed by atoms with Gasteiger partial charge in [0.25, 0.3) is 0 Å². The number of amides is 3. The van der Waals surface area contributed by atoms with Gasteiger partial charge in [0.2, 0.25) is 12.3 Å². The van der Waals surface area contributed by atoms with Crippen molar-refractivity contribution in [1.82, 2.24) is 19.7 Å². The van der Waals surface area contributed by atoms with Gasteiger partial charge in [-0.15, -0.1) is 0 Å². The molecule has 190 valence electrons. The van der Waals surface area contributed by atoms with Gasteiger partial charge in [-0.3, -0.25) is 24.4 Å². The minimum Gasteiger partial charge on any atom is -0.453 e. The van der Waals surface area contributed by atoms with Gasteiger partial charge >= 0.3 is 6.09 Å². The van der Waals surface area contributed by atoms with Gasteiger partial charge in [-0.25, -0.2) is 9.79 Å². The van der Waals surface area contributed by atoms with E-state index in [1.54, 1.807) is 16.0 Å². The van der Waals surface area contributed by atoms with Crippen LogP contribution in [0.3, 0.4) is 0 Å². The lowest BCUT2D eigenvalue weighted by Gasteiger charge is -2.31. The molecule has 1 fully saturated rings. The third-order valence-corrected chi connectivity index (χ3v) is 6.97. The third-order valence-electron chi connectivity index (χ3n) is 6.97. The first-order valence-electron chi connectivity index (χ1n) is 12.4. The second-order valence-electron chi connectivity index (χ2n) is 9.35. The van der Waals surface area contributed by atoms with Crippen LogP contribution in [0, 0.1) is 5.92 Å². The summed E-state index contributed by atoms with van der Waals surface area (Å²) < 4.78 is 4.87. The molecule has 0 unspecified atom stereocenters. The van der Waals surface area contributed by atoms with E-state index in [-0.39, 0.29) is 31.5 Å².